The molecule has 1 aromatic rings. The highest BCUT2D eigenvalue weighted by Gasteiger charge is 1.81. The Kier molecular flexibility index (Phi) is 1.80. The van der Waals surface area contributed by atoms with Crippen LogP contribution in [-0.2, 0) is 0 Å². The minimum Gasteiger partial charge on any atom is -0.516 e. The summed E-state index contributed by atoms with van der Waals surface area (Å²) in [5.74, 6) is 0. The predicted octanol–water partition coefficient (Wildman–Crippen LogP) is 1.01. The van der Waals surface area contributed by atoms with E-state index < -0.39 is 0 Å². The highest BCUT2D eigenvalue weighted by molar-refractivity contribution is 5.41. The molecule has 0 amide bonds. The molecule has 0 radical (unpaired) electrons. The van der Waals surface area contributed by atoms with Gasteiger partial charge in [-0.1, -0.05) is 0 Å². The number of aromatic nitrogens is 2. The molecule has 0 saturated heterocycles. The van der Waals surface area contributed by atoms with Crippen LogP contribution in [0, 0.1) is 0 Å². The van der Waals surface area contributed by atoms with E-state index in [0.29, 0.717) is 5.69 Å². The molecule has 0 aliphatic carbocycles. The van der Waals surface area contributed by atoms with Gasteiger partial charge in [-0.15, -0.1) is 0 Å². The van der Waals surface area contributed by atoms with Crippen molar-refractivity contribution in [2.45, 2.75) is 0 Å². The van der Waals surface area contributed by atoms with Gasteiger partial charge in [-0.05, 0) is 12.1 Å². The molecular formula is C6H6N2O. The maximum absolute atomic E-state index is 8.28. The molecule has 0 unspecified atom stereocenters. The fourth-order valence-electron chi connectivity index (χ4n) is 0.476. The Hall–Kier alpha value is -1.38. The van der Waals surface area contributed by atoms with E-state index in [-0.39, 0.29) is 0 Å². The maximum Gasteiger partial charge on any atom is 0.115 e. The van der Waals surface area contributed by atoms with Gasteiger partial charge < -0.3 is 5.11 Å². The molecule has 46 valence electrons. The third kappa shape index (κ3) is 1.53. The van der Waals surface area contributed by atoms with E-state index in [9.17, 15) is 0 Å². The molecule has 1 aromatic heterocycles. The second-order valence-corrected chi connectivity index (χ2v) is 1.45. The zero-order chi connectivity index (χ0) is 6.53. The Morgan fingerprint density at radius 1 is 1.56 bits per heavy atom. The molecule has 3 nitrogen and oxygen atoms in total. The number of aliphatic hydroxyl groups is 1. The Bertz CT molecular complexity index is 195. The lowest BCUT2D eigenvalue weighted by atomic mass is 10.4. The lowest BCUT2D eigenvalue weighted by Gasteiger charge is -1.85. The highest BCUT2D eigenvalue weighted by atomic mass is 16.2. The van der Waals surface area contributed by atoms with Crippen molar-refractivity contribution in [1.29, 1.82) is 0 Å². The van der Waals surface area contributed by atoms with Gasteiger partial charge in [-0.3, -0.25) is 0 Å². The normalized spacial score (nSPS) is 10.2. The minimum absolute atomic E-state index is 0.701. The van der Waals surface area contributed by atoms with Gasteiger partial charge in [0.1, 0.15) is 6.33 Å². The van der Waals surface area contributed by atoms with Crippen molar-refractivity contribution < 1.29 is 5.11 Å². The monoisotopic (exact) mass is 122 g/mol. The number of aliphatic hydroxyl groups excluding tert-OH is 1. The third-order valence-corrected chi connectivity index (χ3v) is 0.850. The molecule has 3 heteroatoms. The van der Waals surface area contributed by atoms with Crippen LogP contribution in [0.2, 0.25) is 0 Å². The number of nitrogens with zero attached hydrogens (tertiary/aromatic N) is 2. The van der Waals surface area contributed by atoms with Gasteiger partial charge in [0.15, 0.2) is 0 Å². The third-order valence-electron chi connectivity index (χ3n) is 0.850. The molecule has 0 bridgehead atoms. The molecule has 0 saturated carbocycles. The zero-order valence-corrected chi connectivity index (χ0v) is 4.73. The van der Waals surface area contributed by atoms with Crippen LogP contribution in [-0.4, -0.2) is 15.1 Å². The first-order chi connectivity index (χ1) is 4.43. The molecule has 1 rings (SSSR count). The van der Waals surface area contributed by atoms with Crippen LogP contribution in [0.4, 0.5) is 0 Å². The summed E-state index contributed by atoms with van der Waals surface area (Å²) in [6, 6.07) is 1.70. The standard InChI is InChI=1S/C6H6N2O/c9-4-2-6-1-3-7-5-8-6/h1-5,9H/b4-2+. The molecule has 0 spiro atoms. The average molecular weight is 122 g/mol. The zero-order valence-electron chi connectivity index (χ0n) is 4.73. The second kappa shape index (κ2) is 2.81. The van der Waals surface area contributed by atoms with Crippen molar-refractivity contribution in [2.24, 2.45) is 0 Å². The van der Waals surface area contributed by atoms with Crippen molar-refractivity contribution in [3.05, 3.63) is 30.5 Å². The van der Waals surface area contributed by atoms with Gasteiger partial charge >= 0.3 is 0 Å². The van der Waals surface area contributed by atoms with E-state index >= 15 is 0 Å². The Balaban J connectivity index is 2.85. The Morgan fingerprint density at radius 3 is 3.00 bits per heavy atom. The van der Waals surface area contributed by atoms with Gasteiger partial charge in [-0.2, -0.15) is 0 Å². The van der Waals surface area contributed by atoms with Crippen LogP contribution in [0.5, 0.6) is 0 Å². The highest BCUT2D eigenvalue weighted by Crippen LogP contribution is 1.91. The molecule has 0 aliphatic rings. The van der Waals surface area contributed by atoms with Crippen LogP contribution in [0.3, 0.4) is 0 Å². The average Bonchev–Trinajstić information content (AvgIpc) is 1.91. The second-order valence-electron chi connectivity index (χ2n) is 1.45. The quantitative estimate of drug-likeness (QED) is 0.565. The van der Waals surface area contributed by atoms with Crippen LogP contribution >= 0.6 is 0 Å². The molecule has 0 aromatic carbocycles. The van der Waals surface area contributed by atoms with Crippen molar-refractivity contribution >= 4 is 6.08 Å². The SMILES string of the molecule is O/C=C/c1ccncn1. The van der Waals surface area contributed by atoms with Gasteiger partial charge in [0, 0.05) is 6.20 Å². The van der Waals surface area contributed by atoms with Crippen molar-refractivity contribution in [2.75, 3.05) is 0 Å². The molecule has 1 N–H and O–H groups in total. The number of rotatable bonds is 1. The minimum atomic E-state index is 0.701. The number of hydrogen-bond donors (Lipinski definition) is 1. The fourth-order valence-corrected chi connectivity index (χ4v) is 0.476. The topological polar surface area (TPSA) is 46.0 Å². The summed E-state index contributed by atoms with van der Waals surface area (Å²) in [6.07, 6.45) is 5.47. The first kappa shape index (κ1) is 5.75. The van der Waals surface area contributed by atoms with Crippen LogP contribution in [0.15, 0.2) is 24.9 Å². The van der Waals surface area contributed by atoms with Crippen LogP contribution < -0.4 is 0 Å². The maximum atomic E-state index is 8.28. The van der Waals surface area contributed by atoms with Gasteiger partial charge in [-0.25, -0.2) is 9.97 Å². The summed E-state index contributed by atoms with van der Waals surface area (Å²) >= 11 is 0. The van der Waals surface area contributed by atoms with E-state index in [4.69, 9.17) is 5.11 Å². The largest absolute Gasteiger partial charge is 0.516 e. The summed E-state index contributed by atoms with van der Waals surface area (Å²) in [4.78, 5) is 7.51. The first-order valence-corrected chi connectivity index (χ1v) is 2.50. The molecule has 0 fully saturated rings. The van der Waals surface area contributed by atoms with Gasteiger partial charge in [0.2, 0.25) is 0 Å². The van der Waals surface area contributed by atoms with E-state index in [1.54, 1.807) is 12.3 Å². The lowest BCUT2D eigenvalue weighted by Crippen LogP contribution is -1.78. The van der Waals surface area contributed by atoms with Crippen molar-refractivity contribution in [1.82, 2.24) is 9.97 Å². The molecule has 1 heterocycles. The van der Waals surface area contributed by atoms with E-state index in [1.165, 1.54) is 12.4 Å². The van der Waals surface area contributed by atoms with Crippen LogP contribution in [0.25, 0.3) is 6.08 Å². The predicted molar refractivity (Wildman–Crippen MR) is 33.7 cm³/mol. The van der Waals surface area contributed by atoms with Crippen LogP contribution in [0.1, 0.15) is 5.69 Å². The molecular weight excluding hydrogens is 116 g/mol. The molecule has 9 heavy (non-hydrogen) atoms. The van der Waals surface area contributed by atoms with E-state index in [1.807, 2.05) is 0 Å². The summed E-state index contributed by atoms with van der Waals surface area (Å²) in [7, 11) is 0. The Labute approximate surface area is 52.7 Å². The van der Waals surface area contributed by atoms with E-state index in [0.717, 1.165) is 6.26 Å². The van der Waals surface area contributed by atoms with Gasteiger partial charge in [0.25, 0.3) is 0 Å². The van der Waals surface area contributed by atoms with E-state index in [2.05, 4.69) is 9.97 Å². The smallest absolute Gasteiger partial charge is 0.115 e. The van der Waals surface area contributed by atoms with Crippen molar-refractivity contribution in [3.63, 3.8) is 0 Å². The molecule has 0 atom stereocenters. The summed E-state index contributed by atoms with van der Waals surface area (Å²) in [6.45, 7) is 0. The molecule has 0 aliphatic heterocycles. The fraction of sp³-hybridized carbons (Fsp3) is 0. The summed E-state index contributed by atoms with van der Waals surface area (Å²) in [5.41, 5.74) is 0.701. The van der Waals surface area contributed by atoms with Crippen molar-refractivity contribution in [3.8, 4) is 0 Å². The van der Waals surface area contributed by atoms with Gasteiger partial charge in [0.05, 0.1) is 12.0 Å². The lowest BCUT2D eigenvalue weighted by molar-refractivity contribution is 0.478. The number of hydrogen-bond acceptors (Lipinski definition) is 3. The summed E-state index contributed by atoms with van der Waals surface area (Å²) in [5, 5.41) is 8.28. The Morgan fingerprint density at radius 2 is 2.44 bits per heavy atom. The summed E-state index contributed by atoms with van der Waals surface area (Å²) < 4.78 is 0. The first-order valence-electron chi connectivity index (χ1n) is 2.50.